The van der Waals surface area contributed by atoms with Crippen LogP contribution in [0.5, 0.6) is 0 Å². The van der Waals surface area contributed by atoms with Crippen molar-refractivity contribution in [3.05, 3.63) is 22.8 Å². The quantitative estimate of drug-likeness (QED) is 0.420. The summed E-state index contributed by atoms with van der Waals surface area (Å²) in [6, 6.07) is 0. The Kier molecular flexibility index (Phi) is 5.43. The van der Waals surface area contributed by atoms with Crippen LogP contribution in [0, 0.1) is 11.8 Å². The Morgan fingerprint density at radius 3 is 2.64 bits per heavy atom. The summed E-state index contributed by atoms with van der Waals surface area (Å²) in [5.74, 6) is -1.58. The lowest BCUT2D eigenvalue weighted by molar-refractivity contribution is -0.146. The second-order valence-corrected chi connectivity index (χ2v) is 6.37. The topological polar surface area (TPSA) is 63.6 Å². The van der Waals surface area contributed by atoms with Crippen molar-refractivity contribution in [2.45, 2.75) is 65.4 Å². The van der Waals surface area contributed by atoms with E-state index in [2.05, 4.69) is 6.92 Å². The van der Waals surface area contributed by atoms with Gasteiger partial charge in [-0.15, -0.1) is 0 Å². The van der Waals surface area contributed by atoms with Crippen molar-refractivity contribution in [3.63, 3.8) is 0 Å². The normalized spacial score (nSPS) is 24.4. The maximum atomic E-state index is 12.5. The van der Waals surface area contributed by atoms with E-state index in [9.17, 15) is 14.7 Å². The number of aliphatic carboxylic acids is 1. The molecule has 0 saturated heterocycles. The molecule has 3 atom stereocenters. The Hall–Kier alpha value is -1.58. The lowest BCUT2D eigenvalue weighted by Gasteiger charge is -2.20. The fourth-order valence-electron chi connectivity index (χ4n) is 3.58. The number of fused-ring (bicyclic) bond motifs is 2. The second-order valence-electron chi connectivity index (χ2n) is 6.37. The molecule has 2 bridgehead atoms. The lowest BCUT2D eigenvalue weighted by Crippen LogP contribution is -2.24. The van der Waals surface area contributed by atoms with Gasteiger partial charge in [0.1, 0.15) is 6.10 Å². The van der Waals surface area contributed by atoms with E-state index in [-0.39, 0.29) is 23.5 Å². The predicted octanol–water partition coefficient (Wildman–Crippen LogP) is 3.87. The van der Waals surface area contributed by atoms with E-state index in [1.807, 2.05) is 19.9 Å². The van der Waals surface area contributed by atoms with Crippen molar-refractivity contribution in [2.24, 2.45) is 11.8 Å². The number of ether oxygens (including phenoxy) is 1. The summed E-state index contributed by atoms with van der Waals surface area (Å²) in [4.78, 5) is 24.0. The minimum absolute atomic E-state index is 0.0586. The Balaban J connectivity index is 2.08. The monoisotopic (exact) mass is 306 g/mol. The molecule has 122 valence electrons. The second kappa shape index (κ2) is 7.12. The van der Waals surface area contributed by atoms with Gasteiger partial charge in [-0.3, -0.25) is 0 Å². The van der Waals surface area contributed by atoms with E-state index < -0.39 is 11.9 Å². The van der Waals surface area contributed by atoms with Crippen molar-refractivity contribution < 1.29 is 19.4 Å². The molecule has 0 radical (unpaired) electrons. The molecule has 0 aromatic heterocycles. The summed E-state index contributed by atoms with van der Waals surface area (Å²) < 4.78 is 5.62. The van der Waals surface area contributed by atoms with Gasteiger partial charge in [0.25, 0.3) is 0 Å². The molecular formula is C18H26O4. The van der Waals surface area contributed by atoms with Crippen LogP contribution in [0.25, 0.3) is 0 Å². The van der Waals surface area contributed by atoms with Crippen LogP contribution in [0.1, 0.15) is 59.3 Å². The van der Waals surface area contributed by atoms with Crippen LogP contribution < -0.4 is 0 Å². The molecule has 3 unspecified atom stereocenters. The maximum Gasteiger partial charge on any atom is 0.335 e. The Labute approximate surface area is 132 Å². The van der Waals surface area contributed by atoms with E-state index in [1.165, 1.54) is 0 Å². The molecule has 1 N–H and O–H groups in total. The number of rotatable bonds is 8. The van der Waals surface area contributed by atoms with Crippen molar-refractivity contribution in [2.75, 3.05) is 0 Å². The fourth-order valence-corrected chi connectivity index (χ4v) is 3.58. The molecule has 0 amide bonds. The van der Waals surface area contributed by atoms with Crippen LogP contribution in [0.2, 0.25) is 0 Å². The van der Waals surface area contributed by atoms with Gasteiger partial charge < -0.3 is 9.84 Å². The minimum Gasteiger partial charge on any atom is -0.478 e. The van der Waals surface area contributed by atoms with E-state index in [0.717, 1.165) is 37.7 Å². The molecule has 0 aliphatic heterocycles. The highest BCUT2D eigenvalue weighted by atomic mass is 16.5. The van der Waals surface area contributed by atoms with Crippen LogP contribution in [0.3, 0.4) is 0 Å². The first-order valence-corrected chi connectivity index (χ1v) is 8.36. The molecule has 4 heteroatoms. The van der Waals surface area contributed by atoms with Crippen LogP contribution in [-0.4, -0.2) is 23.1 Å². The van der Waals surface area contributed by atoms with Gasteiger partial charge in [-0.1, -0.05) is 38.3 Å². The first kappa shape index (κ1) is 16.8. The number of hydrogen-bond acceptors (Lipinski definition) is 3. The van der Waals surface area contributed by atoms with E-state index in [4.69, 9.17) is 4.74 Å². The van der Waals surface area contributed by atoms with Crippen molar-refractivity contribution in [1.82, 2.24) is 0 Å². The summed E-state index contributed by atoms with van der Waals surface area (Å²) in [6.45, 7) is 6.11. The number of unbranched alkanes of at least 4 members (excludes halogenated alkanes) is 2. The Bertz CT molecular complexity index is 515. The van der Waals surface area contributed by atoms with Crippen molar-refractivity contribution >= 4 is 11.9 Å². The molecule has 2 aliphatic carbocycles. The fraction of sp³-hybridized carbons (Fsp3) is 0.667. The number of esters is 1. The van der Waals surface area contributed by atoms with Gasteiger partial charge in [0.2, 0.25) is 0 Å². The first-order chi connectivity index (χ1) is 10.5. The van der Waals surface area contributed by atoms with Gasteiger partial charge >= 0.3 is 11.9 Å². The van der Waals surface area contributed by atoms with E-state index >= 15 is 0 Å². The number of carboxylic acids is 1. The molecule has 0 heterocycles. The molecule has 22 heavy (non-hydrogen) atoms. The zero-order valence-corrected chi connectivity index (χ0v) is 13.7. The zero-order chi connectivity index (χ0) is 16.3. The minimum atomic E-state index is -0.984. The van der Waals surface area contributed by atoms with Crippen LogP contribution in [-0.2, 0) is 14.3 Å². The summed E-state index contributed by atoms with van der Waals surface area (Å²) in [5.41, 5.74) is 1.75. The van der Waals surface area contributed by atoms with Crippen molar-refractivity contribution in [3.8, 4) is 0 Å². The number of allylic oxidation sites excluding steroid dienone is 2. The molecular weight excluding hydrogens is 280 g/mol. The third kappa shape index (κ3) is 3.26. The third-order valence-corrected chi connectivity index (χ3v) is 4.82. The van der Waals surface area contributed by atoms with Gasteiger partial charge in [-0.25, -0.2) is 9.59 Å². The molecule has 0 aromatic carbocycles. The largest absolute Gasteiger partial charge is 0.478 e. The maximum absolute atomic E-state index is 12.5. The summed E-state index contributed by atoms with van der Waals surface area (Å²) >= 11 is 0. The summed E-state index contributed by atoms with van der Waals surface area (Å²) in [7, 11) is 0. The van der Waals surface area contributed by atoms with Crippen LogP contribution >= 0.6 is 0 Å². The van der Waals surface area contributed by atoms with Gasteiger partial charge in [-0.05, 0) is 32.6 Å². The molecule has 0 saturated carbocycles. The van der Waals surface area contributed by atoms with E-state index in [1.54, 1.807) is 0 Å². The highest BCUT2D eigenvalue weighted by molar-refractivity contribution is 6.02. The van der Waals surface area contributed by atoms with Gasteiger partial charge in [0.15, 0.2) is 0 Å². The highest BCUT2D eigenvalue weighted by Gasteiger charge is 2.45. The summed E-state index contributed by atoms with van der Waals surface area (Å²) in [6.07, 6.45) is 7.51. The van der Waals surface area contributed by atoms with Gasteiger partial charge in [-0.2, -0.15) is 0 Å². The lowest BCUT2D eigenvalue weighted by atomic mass is 9.92. The van der Waals surface area contributed by atoms with Gasteiger partial charge in [0.05, 0.1) is 11.1 Å². The standard InChI is InChI=1S/C18H26O4/c1-4-6-7-8-13(5-2)22-18(21)16-14-10-12(9-11(14)3)15(16)17(19)20/h9,12-14H,4-8,10H2,1-3H3,(H,19,20). The molecule has 0 aromatic rings. The first-order valence-electron chi connectivity index (χ1n) is 8.36. The molecule has 0 spiro atoms. The SMILES string of the molecule is CCCCCC(CC)OC(=O)C1=C(C(=O)O)C2C=C(C)C1C2. The number of carboxylic acid groups (broad SMARTS) is 1. The molecule has 2 rings (SSSR count). The Morgan fingerprint density at radius 1 is 1.32 bits per heavy atom. The predicted molar refractivity (Wildman–Crippen MR) is 84.3 cm³/mol. The number of carbonyl (C=O) groups excluding carboxylic acids is 1. The molecule has 0 fully saturated rings. The Morgan fingerprint density at radius 2 is 2.05 bits per heavy atom. The van der Waals surface area contributed by atoms with Crippen LogP contribution in [0.4, 0.5) is 0 Å². The third-order valence-electron chi connectivity index (χ3n) is 4.82. The molecule has 2 aliphatic rings. The average molecular weight is 306 g/mol. The van der Waals surface area contributed by atoms with E-state index in [0.29, 0.717) is 12.0 Å². The molecule has 4 nitrogen and oxygen atoms in total. The average Bonchev–Trinajstić information content (AvgIpc) is 3.02. The van der Waals surface area contributed by atoms with Crippen molar-refractivity contribution in [1.29, 1.82) is 0 Å². The van der Waals surface area contributed by atoms with Gasteiger partial charge in [0, 0.05) is 11.8 Å². The number of hydrogen-bond donors (Lipinski definition) is 1. The summed E-state index contributed by atoms with van der Waals surface area (Å²) in [5, 5.41) is 9.41. The highest BCUT2D eigenvalue weighted by Crippen LogP contribution is 2.48. The zero-order valence-electron chi connectivity index (χ0n) is 13.7. The van der Waals surface area contributed by atoms with Crippen LogP contribution in [0.15, 0.2) is 22.8 Å². The smallest absolute Gasteiger partial charge is 0.335 e. The number of carbonyl (C=O) groups is 2.